The van der Waals surface area contributed by atoms with E-state index in [0.717, 1.165) is 57.2 Å². The molecule has 2 bridgehead atoms. The van der Waals surface area contributed by atoms with E-state index in [2.05, 4.69) is 4.90 Å². The number of hydrogen-bond acceptors (Lipinski definition) is 4. The molecular formula is C15H27NO3. The second-order valence-electron chi connectivity index (χ2n) is 6.54. The van der Waals surface area contributed by atoms with Crippen LogP contribution >= 0.6 is 0 Å². The van der Waals surface area contributed by atoms with Gasteiger partial charge in [-0.2, -0.15) is 0 Å². The summed E-state index contributed by atoms with van der Waals surface area (Å²) in [5, 5.41) is 10.00. The summed E-state index contributed by atoms with van der Waals surface area (Å²) in [7, 11) is 0. The monoisotopic (exact) mass is 269 g/mol. The highest BCUT2D eigenvalue weighted by Crippen LogP contribution is 2.48. The first-order valence-corrected chi connectivity index (χ1v) is 7.87. The molecule has 1 heterocycles. The van der Waals surface area contributed by atoms with Gasteiger partial charge in [0.2, 0.25) is 0 Å². The molecule has 2 aliphatic carbocycles. The number of β-amino-alcohol motifs (C(OH)–C–C–N with tert-alkyl or cyclic N) is 1. The molecule has 4 unspecified atom stereocenters. The van der Waals surface area contributed by atoms with Crippen molar-refractivity contribution in [1.82, 2.24) is 4.90 Å². The number of ether oxygens (including phenoxy) is 2. The summed E-state index contributed by atoms with van der Waals surface area (Å²) in [4.78, 5) is 2.26. The molecule has 4 heteroatoms. The zero-order valence-electron chi connectivity index (χ0n) is 11.8. The summed E-state index contributed by atoms with van der Waals surface area (Å²) >= 11 is 0. The van der Waals surface area contributed by atoms with E-state index in [1.165, 1.54) is 25.7 Å². The Balaban J connectivity index is 1.29. The molecular weight excluding hydrogens is 242 g/mol. The molecule has 1 aliphatic heterocycles. The number of morpholine rings is 1. The third-order valence-corrected chi connectivity index (χ3v) is 5.10. The van der Waals surface area contributed by atoms with Crippen LogP contribution in [0.4, 0.5) is 0 Å². The van der Waals surface area contributed by atoms with E-state index in [0.29, 0.717) is 6.61 Å². The van der Waals surface area contributed by atoms with E-state index in [1.54, 1.807) is 0 Å². The highest BCUT2D eigenvalue weighted by atomic mass is 16.5. The second-order valence-corrected chi connectivity index (χ2v) is 6.54. The van der Waals surface area contributed by atoms with Crippen molar-refractivity contribution in [2.45, 2.75) is 31.8 Å². The maximum atomic E-state index is 10.00. The van der Waals surface area contributed by atoms with Gasteiger partial charge in [-0.3, -0.25) is 4.90 Å². The van der Waals surface area contributed by atoms with Crippen molar-refractivity contribution in [2.75, 3.05) is 46.1 Å². The number of fused-ring (bicyclic) bond motifs is 2. The highest BCUT2D eigenvalue weighted by Gasteiger charge is 2.39. The van der Waals surface area contributed by atoms with Gasteiger partial charge in [0.15, 0.2) is 0 Å². The van der Waals surface area contributed by atoms with E-state index < -0.39 is 0 Å². The quantitative estimate of drug-likeness (QED) is 0.785. The lowest BCUT2D eigenvalue weighted by molar-refractivity contribution is -0.0232. The summed E-state index contributed by atoms with van der Waals surface area (Å²) in [6, 6.07) is 0. The highest BCUT2D eigenvalue weighted by molar-refractivity contribution is 4.89. The summed E-state index contributed by atoms with van der Waals surface area (Å²) < 4.78 is 11.1. The molecule has 4 atom stereocenters. The molecule has 4 nitrogen and oxygen atoms in total. The van der Waals surface area contributed by atoms with Gasteiger partial charge in [0, 0.05) is 26.2 Å². The van der Waals surface area contributed by atoms with Crippen LogP contribution in [0.15, 0.2) is 0 Å². The minimum absolute atomic E-state index is 0.350. The Morgan fingerprint density at radius 2 is 2.05 bits per heavy atom. The fourth-order valence-corrected chi connectivity index (χ4v) is 4.07. The van der Waals surface area contributed by atoms with Crippen molar-refractivity contribution in [3.8, 4) is 0 Å². The van der Waals surface area contributed by atoms with Crippen LogP contribution in [0.1, 0.15) is 25.7 Å². The van der Waals surface area contributed by atoms with Crippen molar-refractivity contribution in [3.63, 3.8) is 0 Å². The number of hydrogen-bond donors (Lipinski definition) is 1. The Labute approximate surface area is 116 Å². The summed E-state index contributed by atoms with van der Waals surface area (Å²) in [6.45, 7) is 5.52. The first kappa shape index (κ1) is 13.8. The van der Waals surface area contributed by atoms with Crippen LogP contribution in [0.3, 0.4) is 0 Å². The third kappa shape index (κ3) is 3.69. The lowest BCUT2D eigenvalue weighted by Crippen LogP contribution is -2.42. The van der Waals surface area contributed by atoms with E-state index in [-0.39, 0.29) is 6.10 Å². The van der Waals surface area contributed by atoms with Crippen molar-refractivity contribution >= 4 is 0 Å². The van der Waals surface area contributed by atoms with Gasteiger partial charge in [-0.15, -0.1) is 0 Å². The van der Waals surface area contributed by atoms with E-state index in [1.807, 2.05) is 0 Å². The standard InChI is InChI=1S/C15H27NO3/c17-15(9-16-3-5-18-6-4-16)11-19-10-14-8-12-1-2-13(14)7-12/h12-15,17H,1-11H2. The minimum atomic E-state index is -0.350. The molecule has 1 N–H and O–H groups in total. The second kappa shape index (κ2) is 6.53. The predicted octanol–water partition coefficient (Wildman–Crippen LogP) is 1.13. The zero-order chi connectivity index (χ0) is 13.1. The Bertz CT molecular complexity index is 281. The fraction of sp³-hybridized carbons (Fsp3) is 1.00. The lowest BCUT2D eigenvalue weighted by Gasteiger charge is -2.28. The van der Waals surface area contributed by atoms with Crippen molar-refractivity contribution < 1.29 is 14.6 Å². The molecule has 0 aromatic heterocycles. The third-order valence-electron chi connectivity index (χ3n) is 5.10. The minimum Gasteiger partial charge on any atom is -0.389 e. The van der Waals surface area contributed by atoms with Crippen LogP contribution in [-0.2, 0) is 9.47 Å². The Kier molecular flexibility index (Phi) is 4.74. The van der Waals surface area contributed by atoms with Crippen molar-refractivity contribution in [3.05, 3.63) is 0 Å². The molecule has 3 aliphatic rings. The molecule has 2 saturated carbocycles. The topological polar surface area (TPSA) is 41.9 Å². The van der Waals surface area contributed by atoms with Crippen molar-refractivity contribution in [1.29, 1.82) is 0 Å². The van der Waals surface area contributed by atoms with Gasteiger partial charge in [-0.05, 0) is 37.0 Å². The van der Waals surface area contributed by atoms with Gasteiger partial charge in [0.1, 0.15) is 0 Å². The molecule has 0 amide bonds. The molecule has 1 saturated heterocycles. The first-order chi connectivity index (χ1) is 9.31. The summed E-state index contributed by atoms with van der Waals surface area (Å²) in [6.07, 6.45) is 5.31. The summed E-state index contributed by atoms with van der Waals surface area (Å²) in [5.41, 5.74) is 0. The predicted molar refractivity (Wildman–Crippen MR) is 73.0 cm³/mol. The zero-order valence-corrected chi connectivity index (χ0v) is 11.8. The average Bonchev–Trinajstić information content (AvgIpc) is 3.02. The molecule has 0 aromatic rings. The smallest absolute Gasteiger partial charge is 0.0900 e. The van der Waals surface area contributed by atoms with Crippen LogP contribution in [0.5, 0.6) is 0 Å². The Hall–Kier alpha value is -0.160. The average molecular weight is 269 g/mol. The summed E-state index contributed by atoms with van der Waals surface area (Å²) in [5.74, 6) is 2.67. The van der Waals surface area contributed by atoms with Gasteiger partial charge >= 0.3 is 0 Å². The van der Waals surface area contributed by atoms with Crippen molar-refractivity contribution in [2.24, 2.45) is 17.8 Å². The molecule has 19 heavy (non-hydrogen) atoms. The van der Waals surface area contributed by atoms with Crippen LogP contribution in [0.25, 0.3) is 0 Å². The van der Waals surface area contributed by atoms with Gasteiger partial charge in [-0.1, -0.05) is 6.42 Å². The van der Waals surface area contributed by atoms with Crippen LogP contribution in [-0.4, -0.2) is 62.2 Å². The number of aliphatic hydroxyl groups is 1. The number of aliphatic hydroxyl groups excluding tert-OH is 1. The van der Waals surface area contributed by atoms with E-state index >= 15 is 0 Å². The molecule has 3 rings (SSSR count). The van der Waals surface area contributed by atoms with Gasteiger partial charge in [0.05, 0.1) is 25.9 Å². The Morgan fingerprint density at radius 1 is 1.21 bits per heavy atom. The fourth-order valence-electron chi connectivity index (χ4n) is 4.07. The number of nitrogens with zero attached hydrogens (tertiary/aromatic N) is 1. The molecule has 0 radical (unpaired) electrons. The lowest BCUT2D eigenvalue weighted by atomic mass is 9.90. The normalized spacial score (nSPS) is 36.8. The van der Waals surface area contributed by atoms with Gasteiger partial charge < -0.3 is 14.6 Å². The number of rotatable bonds is 6. The Morgan fingerprint density at radius 3 is 2.74 bits per heavy atom. The van der Waals surface area contributed by atoms with Gasteiger partial charge in [-0.25, -0.2) is 0 Å². The largest absolute Gasteiger partial charge is 0.389 e. The maximum Gasteiger partial charge on any atom is 0.0900 e. The van der Waals surface area contributed by atoms with Crippen LogP contribution in [0, 0.1) is 17.8 Å². The molecule has 0 spiro atoms. The molecule has 0 aromatic carbocycles. The van der Waals surface area contributed by atoms with E-state index in [4.69, 9.17) is 9.47 Å². The van der Waals surface area contributed by atoms with Crippen LogP contribution in [0.2, 0.25) is 0 Å². The molecule has 110 valence electrons. The van der Waals surface area contributed by atoms with E-state index in [9.17, 15) is 5.11 Å². The van der Waals surface area contributed by atoms with Crippen LogP contribution < -0.4 is 0 Å². The first-order valence-electron chi connectivity index (χ1n) is 7.87. The van der Waals surface area contributed by atoms with Gasteiger partial charge in [0.25, 0.3) is 0 Å². The maximum absolute atomic E-state index is 10.00. The molecule has 3 fully saturated rings. The SMILES string of the molecule is OC(COCC1CC2CCC1C2)CN1CCOCC1.